The summed E-state index contributed by atoms with van der Waals surface area (Å²) in [6.45, 7) is 11.0. The summed E-state index contributed by atoms with van der Waals surface area (Å²) in [5.74, 6) is -1.35. The average Bonchev–Trinajstić information content (AvgIpc) is 3.71. The molecule has 1 spiro atoms. The molecule has 6 aliphatic rings. The standard InChI is InChI=1S/C46H51ClN8O5/c1-30-26-46(29-54(30)36-7-4-33(27-48)39(47)25-36)14-18-52(19-15-46)34-5-2-32(3-6-34)43(58)53-22-20-50(21-23-53)28-31-12-16-51(17-13-31)35-8-9-37-38(24-35)45(60)55(44(37)59)40-10-11-41(56)49-42(40)57/h2-9,24-25,30-31,40H,10-23,26,28-29H2,1H3,(H,49,56,57)/t30-,40?/m0/s1. The molecule has 13 nitrogen and oxygen atoms in total. The SMILES string of the molecule is C[C@H]1CC2(CCN(c3ccc(C(=O)N4CCN(CC5CCN(c6ccc7c(c6)C(=O)N(C6CCC(=O)NC6=O)C7=O)CC5)CC4)cc3)CC2)CN1c1ccc(C#N)c(Cl)c1. The summed E-state index contributed by atoms with van der Waals surface area (Å²) >= 11 is 6.38. The molecule has 6 aliphatic heterocycles. The molecule has 5 saturated heterocycles. The highest BCUT2D eigenvalue weighted by Crippen LogP contribution is 2.46. The number of halogens is 1. The smallest absolute Gasteiger partial charge is 0.262 e. The highest BCUT2D eigenvalue weighted by Gasteiger charge is 2.46. The molecule has 0 radical (unpaired) electrons. The maximum atomic E-state index is 13.6. The Kier molecular flexibility index (Phi) is 10.8. The number of benzene rings is 3. The van der Waals surface area contributed by atoms with Crippen molar-refractivity contribution in [3.8, 4) is 6.07 Å². The predicted octanol–water partition coefficient (Wildman–Crippen LogP) is 5.17. The maximum Gasteiger partial charge on any atom is 0.262 e. The van der Waals surface area contributed by atoms with E-state index in [1.807, 2.05) is 41.3 Å². The van der Waals surface area contributed by atoms with Gasteiger partial charge in [0, 0.05) is 101 Å². The number of rotatable bonds is 7. The van der Waals surface area contributed by atoms with Crippen LogP contribution in [0.5, 0.6) is 0 Å². The first kappa shape index (κ1) is 40.0. The Morgan fingerprint density at radius 3 is 2.15 bits per heavy atom. The Balaban J connectivity index is 0.717. The van der Waals surface area contributed by atoms with Crippen molar-refractivity contribution in [2.75, 3.05) is 80.1 Å². The number of piperazine rings is 1. The lowest BCUT2D eigenvalue weighted by atomic mass is 9.76. The van der Waals surface area contributed by atoms with E-state index in [0.717, 1.165) is 112 Å². The summed E-state index contributed by atoms with van der Waals surface area (Å²) < 4.78 is 0. The van der Waals surface area contributed by atoms with Crippen LogP contribution in [0, 0.1) is 22.7 Å². The van der Waals surface area contributed by atoms with Crippen LogP contribution in [-0.2, 0) is 9.59 Å². The minimum Gasteiger partial charge on any atom is -0.371 e. The van der Waals surface area contributed by atoms with Crippen LogP contribution in [0.2, 0.25) is 5.02 Å². The molecule has 1 unspecified atom stereocenters. The number of amides is 5. The average molecular weight is 831 g/mol. The fourth-order valence-electron chi connectivity index (χ4n) is 10.6. The Bertz CT molecular complexity index is 2250. The van der Waals surface area contributed by atoms with E-state index in [1.54, 1.807) is 12.1 Å². The molecule has 0 aliphatic carbocycles. The van der Waals surface area contributed by atoms with Gasteiger partial charge in [0.05, 0.1) is 21.7 Å². The number of nitriles is 1. The van der Waals surface area contributed by atoms with Crippen LogP contribution >= 0.6 is 11.6 Å². The Morgan fingerprint density at radius 1 is 0.800 bits per heavy atom. The second-order valence-electron chi connectivity index (χ2n) is 17.7. The van der Waals surface area contributed by atoms with Crippen LogP contribution in [0.15, 0.2) is 60.7 Å². The lowest BCUT2D eigenvalue weighted by Crippen LogP contribution is -2.54. The van der Waals surface area contributed by atoms with Crippen LogP contribution in [-0.4, -0.2) is 122 Å². The third kappa shape index (κ3) is 7.60. The number of nitrogens with one attached hydrogen (secondary N) is 1. The summed E-state index contributed by atoms with van der Waals surface area (Å²) in [6.07, 6.45) is 5.59. The number of imide groups is 2. The number of carbonyl (C=O) groups excluding carboxylic acids is 5. The van der Waals surface area contributed by atoms with E-state index in [2.05, 4.69) is 50.0 Å². The van der Waals surface area contributed by atoms with Crippen molar-refractivity contribution in [3.05, 3.63) is 87.9 Å². The van der Waals surface area contributed by atoms with E-state index in [0.29, 0.717) is 46.8 Å². The molecule has 0 saturated carbocycles. The second kappa shape index (κ2) is 16.2. The first-order valence-electron chi connectivity index (χ1n) is 21.4. The van der Waals surface area contributed by atoms with Gasteiger partial charge in [-0.25, -0.2) is 0 Å². The van der Waals surface area contributed by atoms with Crippen molar-refractivity contribution in [1.29, 1.82) is 5.26 Å². The fraction of sp³-hybridized carbons (Fsp3) is 0.478. The summed E-state index contributed by atoms with van der Waals surface area (Å²) in [7, 11) is 0. The van der Waals surface area contributed by atoms with Crippen LogP contribution in [0.1, 0.15) is 88.5 Å². The molecule has 2 atom stereocenters. The Labute approximate surface area is 355 Å². The van der Waals surface area contributed by atoms with Gasteiger partial charge in [-0.2, -0.15) is 5.26 Å². The highest BCUT2D eigenvalue weighted by atomic mass is 35.5. The summed E-state index contributed by atoms with van der Waals surface area (Å²) in [5.41, 5.74) is 5.24. The third-order valence-corrected chi connectivity index (χ3v) is 14.4. The van der Waals surface area contributed by atoms with Gasteiger partial charge >= 0.3 is 0 Å². The van der Waals surface area contributed by atoms with Crippen molar-refractivity contribution in [2.45, 2.75) is 64.0 Å². The maximum absolute atomic E-state index is 13.6. The fourth-order valence-corrected chi connectivity index (χ4v) is 10.8. The van der Waals surface area contributed by atoms with Crippen molar-refractivity contribution in [2.24, 2.45) is 11.3 Å². The largest absolute Gasteiger partial charge is 0.371 e. The van der Waals surface area contributed by atoms with Crippen molar-refractivity contribution in [3.63, 3.8) is 0 Å². The molecular formula is C46H51ClN8O5. The van der Waals surface area contributed by atoms with E-state index >= 15 is 0 Å². The van der Waals surface area contributed by atoms with Crippen LogP contribution in [0.3, 0.4) is 0 Å². The number of hydrogen-bond acceptors (Lipinski definition) is 10. The first-order chi connectivity index (χ1) is 29.0. The molecule has 60 heavy (non-hydrogen) atoms. The van der Waals surface area contributed by atoms with Gasteiger partial charge in [0.15, 0.2) is 0 Å². The van der Waals surface area contributed by atoms with Gasteiger partial charge in [-0.15, -0.1) is 0 Å². The molecule has 6 heterocycles. The molecule has 3 aromatic rings. The number of hydrogen-bond donors (Lipinski definition) is 1. The van der Waals surface area contributed by atoms with Gasteiger partial charge in [-0.3, -0.25) is 39.1 Å². The lowest BCUT2D eigenvalue weighted by Gasteiger charge is -2.40. The molecule has 14 heteroatoms. The lowest BCUT2D eigenvalue weighted by molar-refractivity contribution is -0.136. The molecule has 0 aromatic heterocycles. The van der Waals surface area contributed by atoms with Gasteiger partial charge in [0.2, 0.25) is 11.8 Å². The van der Waals surface area contributed by atoms with Crippen LogP contribution in [0.4, 0.5) is 17.1 Å². The molecule has 5 amide bonds. The second-order valence-corrected chi connectivity index (χ2v) is 18.1. The highest BCUT2D eigenvalue weighted by molar-refractivity contribution is 6.32. The van der Waals surface area contributed by atoms with E-state index in [9.17, 15) is 29.2 Å². The normalized spacial score (nSPS) is 23.6. The van der Waals surface area contributed by atoms with Gasteiger partial charge in [-0.1, -0.05) is 11.6 Å². The number of nitrogens with zero attached hydrogens (tertiary/aromatic N) is 7. The minimum absolute atomic E-state index is 0.0878. The number of piperidine rings is 3. The summed E-state index contributed by atoms with van der Waals surface area (Å²) in [5, 5.41) is 12.0. The molecule has 1 N–H and O–H groups in total. The quantitative estimate of drug-likeness (QED) is 0.317. The molecule has 3 aromatic carbocycles. The Morgan fingerprint density at radius 2 is 1.47 bits per heavy atom. The molecule has 5 fully saturated rings. The number of carbonyl (C=O) groups is 5. The molecule has 312 valence electrons. The number of fused-ring (bicyclic) bond motifs is 1. The zero-order valence-electron chi connectivity index (χ0n) is 34.1. The predicted molar refractivity (Wildman–Crippen MR) is 228 cm³/mol. The Hall–Kier alpha value is -5.45. The van der Waals surface area contributed by atoms with E-state index < -0.39 is 29.7 Å². The van der Waals surface area contributed by atoms with Crippen LogP contribution in [0.25, 0.3) is 0 Å². The van der Waals surface area contributed by atoms with Crippen LogP contribution < -0.4 is 20.0 Å². The van der Waals surface area contributed by atoms with Crippen molar-refractivity contribution in [1.82, 2.24) is 20.0 Å². The van der Waals surface area contributed by atoms with E-state index in [1.165, 1.54) is 0 Å². The minimum atomic E-state index is -0.973. The van der Waals surface area contributed by atoms with Gasteiger partial charge in [0.25, 0.3) is 17.7 Å². The van der Waals surface area contributed by atoms with Crippen molar-refractivity contribution < 1.29 is 24.0 Å². The number of anilines is 3. The van der Waals surface area contributed by atoms with E-state index in [4.69, 9.17) is 11.6 Å². The topological polar surface area (TPSA) is 141 Å². The molecule has 0 bridgehead atoms. The third-order valence-electron chi connectivity index (χ3n) is 14.1. The van der Waals surface area contributed by atoms with Crippen molar-refractivity contribution >= 4 is 58.2 Å². The van der Waals surface area contributed by atoms with E-state index in [-0.39, 0.29) is 24.2 Å². The van der Waals surface area contributed by atoms with Gasteiger partial charge < -0.3 is 19.6 Å². The molecule has 9 rings (SSSR count). The van der Waals surface area contributed by atoms with Gasteiger partial charge in [-0.05, 0) is 117 Å². The summed E-state index contributed by atoms with van der Waals surface area (Å²) in [4.78, 5) is 76.8. The molecular weight excluding hydrogens is 780 g/mol. The monoisotopic (exact) mass is 830 g/mol. The zero-order valence-corrected chi connectivity index (χ0v) is 34.8. The first-order valence-corrected chi connectivity index (χ1v) is 21.8. The zero-order chi connectivity index (χ0) is 41.7. The summed E-state index contributed by atoms with van der Waals surface area (Å²) in [6, 6.07) is 20.9. The van der Waals surface area contributed by atoms with Gasteiger partial charge in [0.1, 0.15) is 12.1 Å².